The Kier molecular flexibility index (Phi) is 72.8. The number of nitrogens with one attached hydrogen (secondary N) is 4. The summed E-state index contributed by atoms with van der Waals surface area (Å²) < 4.78 is 0. The lowest BCUT2D eigenvalue weighted by molar-refractivity contribution is -0.125. The zero-order valence-corrected chi connectivity index (χ0v) is 60.7. The van der Waals surface area contributed by atoms with E-state index in [1.165, 1.54) is 257 Å². The van der Waals surface area contributed by atoms with Gasteiger partial charge in [0.15, 0.2) is 0 Å². The summed E-state index contributed by atoms with van der Waals surface area (Å²) in [7, 11) is 0. The van der Waals surface area contributed by atoms with Gasteiger partial charge in [-0.25, -0.2) is 0 Å². The van der Waals surface area contributed by atoms with E-state index in [1.807, 2.05) is 0 Å². The SMILES string of the molecule is CCCCCCCCC=CCCCCCCCC(=O)NCCCNCCC(CNCCCNC(=O)CCC(CCCCC=CCCCCCCCC)C(=O)CCCCCCCC=CCCCCCCCC)C(=O)CCCCCCCC=CCCCCCCCC. The van der Waals surface area contributed by atoms with E-state index in [4.69, 9.17) is 0 Å². The van der Waals surface area contributed by atoms with E-state index < -0.39 is 0 Å². The zero-order valence-electron chi connectivity index (χ0n) is 60.7. The molecule has 90 heavy (non-hydrogen) atoms. The van der Waals surface area contributed by atoms with Crippen molar-refractivity contribution >= 4 is 23.4 Å². The third-order valence-corrected chi connectivity index (χ3v) is 18.5. The highest BCUT2D eigenvalue weighted by molar-refractivity contribution is 5.82. The molecule has 0 aliphatic rings. The van der Waals surface area contributed by atoms with E-state index in [1.54, 1.807) is 0 Å². The van der Waals surface area contributed by atoms with E-state index in [0.29, 0.717) is 63.3 Å². The number of amides is 2. The fraction of sp³-hybridized carbons (Fsp3) is 0.854. The number of hydrogen-bond acceptors (Lipinski definition) is 6. The van der Waals surface area contributed by atoms with Crippen molar-refractivity contribution in [3.63, 3.8) is 0 Å². The van der Waals surface area contributed by atoms with Crippen LogP contribution in [0, 0.1) is 11.8 Å². The van der Waals surface area contributed by atoms with Gasteiger partial charge in [-0.15, -0.1) is 0 Å². The van der Waals surface area contributed by atoms with Gasteiger partial charge in [0.05, 0.1) is 0 Å². The third-order valence-electron chi connectivity index (χ3n) is 18.5. The van der Waals surface area contributed by atoms with Crippen LogP contribution in [0.15, 0.2) is 48.6 Å². The van der Waals surface area contributed by atoms with Crippen molar-refractivity contribution in [1.82, 2.24) is 21.3 Å². The van der Waals surface area contributed by atoms with Crippen LogP contribution in [-0.2, 0) is 19.2 Å². The Morgan fingerprint density at radius 2 is 0.533 bits per heavy atom. The minimum atomic E-state index is -0.0441. The first-order chi connectivity index (χ1) is 44.4. The summed E-state index contributed by atoms with van der Waals surface area (Å²) in [5.74, 6) is 0.857. The Morgan fingerprint density at radius 1 is 0.244 bits per heavy atom. The van der Waals surface area contributed by atoms with Crippen LogP contribution >= 0.6 is 0 Å². The Hall–Kier alpha value is -2.84. The summed E-state index contributed by atoms with van der Waals surface area (Å²) in [6.45, 7) is 13.4. The minimum absolute atomic E-state index is 0.0325. The first-order valence-electron chi connectivity index (χ1n) is 40.0. The second kappa shape index (κ2) is 75.2. The van der Waals surface area contributed by atoms with Gasteiger partial charge < -0.3 is 21.3 Å². The van der Waals surface area contributed by atoms with Gasteiger partial charge in [0.25, 0.3) is 0 Å². The molecule has 0 aromatic heterocycles. The molecule has 0 radical (unpaired) electrons. The molecule has 0 spiro atoms. The van der Waals surface area contributed by atoms with Crippen molar-refractivity contribution in [2.24, 2.45) is 11.8 Å². The van der Waals surface area contributed by atoms with Crippen LogP contribution < -0.4 is 21.3 Å². The Bertz CT molecular complexity index is 1640. The van der Waals surface area contributed by atoms with E-state index in [9.17, 15) is 19.2 Å². The Morgan fingerprint density at radius 3 is 0.900 bits per heavy atom. The molecule has 4 N–H and O–H groups in total. The molecule has 0 fully saturated rings. The van der Waals surface area contributed by atoms with E-state index >= 15 is 0 Å². The van der Waals surface area contributed by atoms with Gasteiger partial charge in [0.1, 0.15) is 11.6 Å². The number of ketones is 2. The first-order valence-corrected chi connectivity index (χ1v) is 40.0. The summed E-state index contributed by atoms with van der Waals surface area (Å²) in [6, 6.07) is 0. The summed E-state index contributed by atoms with van der Waals surface area (Å²) in [5, 5.41) is 13.4. The van der Waals surface area contributed by atoms with Crippen molar-refractivity contribution in [3.8, 4) is 0 Å². The number of allylic oxidation sites excluding steroid dienone is 8. The Balaban J connectivity index is 4.91. The molecule has 0 aliphatic heterocycles. The van der Waals surface area contributed by atoms with Gasteiger partial charge >= 0.3 is 0 Å². The number of rotatable bonds is 75. The monoisotopic (exact) mass is 1260 g/mol. The summed E-state index contributed by atoms with van der Waals surface area (Å²) >= 11 is 0. The van der Waals surface area contributed by atoms with Gasteiger partial charge in [0.2, 0.25) is 11.8 Å². The third kappa shape index (κ3) is 68.0. The van der Waals surface area contributed by atoms with Gasteiger partial charge in [-0.3, -0.25) is 19.2 Å². The lowest BCUT2D eigenvalue weighted by Gasteiger charge is -2.18. The molecule has 526 valence electrons. The van der Waals surface area contributed by atoms with Crippen LogP contribution in [0.5, 0.6) is 0 Å². The average Bonchev–Trinajstić information content (AvgIpc) is 3.75. The Labute approximate surface area is 560 Å². The summed E-state index contributed by atoms with van der Waals surface area (Å²) in [5.41, 5.74) is 0. The van der Waals surface area contributed by atoms with E-state index in [2.05, 4.69) is 97.6 Å². The van der Waals surface area contributed by atoms with Crippen LogP contribution in [0.3, 0.4) is 0 Å². The number of unbranched alkanes of at least 4 members (excludes halogenated alkanes) is 41. The summed E-state index contributed by atoms with van der Waals surface area (Å²) in [4.78, 5) is 53.1. The maximum absolute atomic E-state index is 13.7. The smallest absolute Gasteiger partial charge is 0.220 e. The average molecular weight is 1260 g/mol. The molecule has 2 unspecified atom stereocenters. The second-order valence-electron chi connectivity index (χ2n) is 27.3. The molecule has 8 heteroatoms. The highest BCUT2D eigenvalue weighted by Crippen LogP contribution is 2.22. The molecule has 0 bridgehead atoms. The maximum atomic E-state index is 13.7. The molecular formula is C82H154N4O4. The molecule has 2 atom stereocenters. The molecule has 0 saturated carbocycles. The quantitative estimate of drug-likeness (QED) is 0.0356. The first kappa shape index (κ1) is 87.2. The number of carbonyl (C=O) groups excluding carboxylic acids is 4. The van der Waals surface area contributed by atoms with Crippen LogP contribution in [-0.4, -0.2) is 62.6 Å². The van der Waals surface area contributed by atoms with Crippen LogP contribution in [0.25, 0.3) is 0 Å². The van der Waals surface area contributed by atoms with Gasteiger partial charge in [-0.1, -0.05) is 269 Å². The predicted octanol–water partition coefficient (Wildman–Crippen LogP) is 23.7. The highest BCUT2D eigenvalue weighted by Gasteiger charge is 2.20. The lowest BCUT2D eigenvalue weighted by Crippen LogP contribution is -2.34. The predicted molar refractivity (Wildman–Crippen MR) is 396 cm³/mol. The van der Waals surface area contributed by atoms with Crippen LogP contribution in [0.4, 0.5) is 0 Å². The molecular weight excluding hydrogens is 1100 g/mol. The standard InChI is InChI=1S/C82H154N4O4/c1-5-9-13-17-21-25-29-33-36-39-43-47-51-55-59-65-79(87)77(64-58-54-50-46-42-32-28-24-20-16-12-8-4)68-69-82(90)86-74-63-72-84-76-78(80(88)66-60-56-52-48-44-40-37-34-30-26-22-18-14-10-6-2)70-75-83-71-62-73-85-81(89)67-61-57-53-49-45-41-38-35-31-27-23-19-15-11-7-3/h33-38,42,46,77-78,83-84H,5-32,39-41,43-45,47-76H2,1-4H3,(H,85,89)(H,86,90). The molecule has 0 saturated heterocycles. The molecule has 0 heterocycles. The fourth-order valence-electron chi connectivity index (χ4n) is 12.3. The number of carbonyl (C=O) groups is 4. The molecule has 0 aliphatic carbocycles. The molecule has 2 amide bonds. The van der Waals surface area contributed by atoms with Crippen LogP contribution in [0.2, 0.25) is 0 Å². The van der Waals surface area contributed by atoms with Crippen molar-refractivity contribution in [3.05, 3.63) is 48.6 Å². The highest BCUT2D eigenvalue weighted by atomic mass is 16.2. The van der Waals surface area contributed by atoms with Gasteiger partial charge in [-0.05, 0) is 174 Å². The van der Waals surface area contributed by atoms with Gasteiger partial charge in [-0.2, -0.15) is 0 Å². The van der Waals surface area contributed by atoms with Crippen molar-refractivity contribution in [2.45, 2.75) is 400 Å². The van der Waals surface area contributed by atoms with Crippen LogP contribution in [0.1, 0.15) is 400 Å². The largest absolute Gasteiger partial charge is 0.356 e. The van der Waals surface area contributed by atoms with Crippen molar-refractivity contribution < 1.29 is 19.2 Å². The maximum Gasteiger partial charge on any atom is 0.220 e. The topological polar surface area (TPSA) is 116 Å². The van der Waals surface area contributed by atoms with Crippen molar-refractivity contribution in [1.29, 1.82) is 0 Å². The van der Waals surface area contributed by atoms with E-state index in [-0.39, 0.29) is 23.7 Å². The number of Topliss-reactive ketones (excluding diaryl/α,β-unsaturated/α-hetero) is 2. The molecule has 8 nitrogen and oxygen atoms in total. The fourth-order valence-corrected chi connectivity index (χ4v) is 12.3. The van der Waals surface area contributed by atoms with Gasteiger partial charge in [0, 0.05) is 57.2 Å². The molecule has 0 rings (SSSR count). The van der Waals surface area contributed by atoms with E-state index in [0.717, 1.165) is 103 Å². The summed E-state index contributed by atoms with van der Waals surface area (Å²) in [6.07, 6.45) is 86.5. The van der Waals surface area contributed by atoms with Crippen molar-refractivity contribution in [2.75, 3.05) is 39.3 Å². The zero-order chi connectivity index (χ0) is 65.2. The number of hydrogen-bond donors (Lipinski definition) is 4. The normalized spacial score (nSPS) is 12.6. The lowest BCUT2D eigenvalue weighted by atomic mass is 9.89. The minimum Gasteiger partial charge on any atom is -0.356 e. The second-order valence-corrected chi connectivity index (χ2v) is 27.3. The molecule has 0 aromatic rings. The molecule has 0 aromatic carbocycles.